The van der Waals surface area contributed by atoms with Crippen LogP contribution in [-0.2, 0) is 4.74 Å². The fourth-order valence-electron chi connectivity index (χ4n) is 1.43. The maximum atomic E-state index is 5.33. The minimum absolute atomic E-state index is 0.324. The van der Waals surface area contributed by atoms with E-state index in [2.05, 4.69) is 20.8 Å². The lowest BCUT2D eigenvalue weighted by Gasteiger charge is -2.21. The SMILES string of the molecule is CCCC(CC)C(C)OCN. The van der Waals surface area contributed by atoms with E-state index < -0.39 is 0 Å². The standard InChI is InChI=1S/C9H21NO/c1-4-6-9(5-2)8(3)11-7-10/h8-9H,4-7,10H2,1-3H3. The van der Waals surface area contributed by atoms with Crippen molar-refractivity contribution < 1.29 is 4.74 Å². The van der Waals surface area contributed by atoms with Gasteiger partial charge in [-0.3, -0.25) is 0 Å². The fraction of sp³-hybridized carbons (Fsp3) is 1.00. The Balaban J connectivity index is 3.61. The van der Waals surface area contributed by atoms with E-state index >= 15 is 0 Å². The molecule has 2 heteroatoms. The molecule has 0 rings (SSSR count). The van der Waals surface area contributed by atoms with Crippen LogP contribution in [0.4, 0.5) is 0 Å². The van der Waals surface area contributed by atoms with Gasteiger partial charge in [-0.1, -0.05) is 26.7 Å². The topological polar surface area (TPSA) is 35.2 Å². The Morgan fingerprint density at radius 3 is 2.36 bits per heavy atom. The molecule has 0 aromatic carbocycles. The zero-order valence-electron chi connectivity index (χ0n) is 7.97. The molecule has 0 spiro atoms. The summed E-state index contributed by atoms with van der Waals surface area (Å²) in [5.41, 5.74) is 5.30. The van der Waals surface area contributed by atoms with Crippen molar-refractivity contribution in [3.05, 3.63) is 0 Å². The third kappa shape index (κ3) is 4.38. The molecule has 0 saturated heterocycles. The third-order valence-electron chi connectivity index (χ3n) is 2.21. The Hall–Kier alpha value is -0.0800. The van der Waals surface area contributed by atoms with Crippen molar-refractivity contribution in [1.82, 2.24) is 0 Å². The molecule has 68 valence electrons. The van der Waals surface area contributed by atoms with Gasteiger partial charge in [-0.05, 0) is 19.3 Å². The molecule has 2 atom stereocenters. The van der Waals surface area contributed by atoms with Gasteiger partial charge in [0.2, 0.25) is 0 Å². The lowest BCUT2D eigenvalue weighted by Crippen LogP contribution is -2.23. The van der Waals surface area contributed by atoms with Crippen molar-refractivity contribution in [2.24, 2.45) is 11.7 Å². The van der Waals surface area contributed by atoms with Gasteiger partial charge in [-0.15, -0.1) is 0 Å². The van der Waals surface area contributed by atoms with Gasteiger partial charge in [-0.2, -0.15) is 0 Å². The molecule has 0 aliphatic rings. The van der Waals surface area contributed by atoms with E-state index in [1.165, 1.54) is 19.3 Å². The van der Waals surface area contributed by atoms with E-state index in [0.29, 0.717) is 18.8 Å². The molecule has 0 amide bonds. The molecule has 0 aliphatic heterocycles. The molecule has 0 aromatic heterocycles. The van der Waals surface area contributed by atoms with E-state index in [-0.39, 0.29) is 0 Å². The fourth-order valence-corrected chi connectivity index (χ4v) is 1.43. The van der Waals surface area contributed by atoms with E-state index in [9.17, 15) is 0 Å². The largest absolute Gasteiger partial charge is 0.363 e. The minimum Gasteiger partial charge on any atom is -0.363 e. The molecule has 2 N–H and O–H groups in total. The Bertz CT molecular complexity index is 85.6. The van der Waals surface area contributed by atoms with Crippen LogP contribution >= 0.6 is 0 Å². The molecule has 0 aliphatic carbocycles. The Labute approximate surface area is 70.1 Å². The normalized spacial score (nSPS) is 16.4. The summed E-state index contributed by atoms with van der Waals surface area (Å²) >= 11 is 0. The van der Waals surface area contributed by atoms with Crippen LogP contribution in [0.1, 0.15) is 40.0 Å². The first kappa shape index (κ1) is 10.9. The minimum atomic E-state index is 0.324. The first-order valence-corrected chi connectivity index (χ1v) is 4.57. The lowest BCUT2D eigenvalue weighted by atomic mass is 9.95. The zero-order valence-corrected chi connectivity index (χ0v) is 7.97. The highest BCUT2D eigenvalue weighted by atomic mass is 16.5. The predicted octanol–water partition coefficient (Wildman–Crippen LogP) is 2.13. The Kier molecular flexibility index (Phi) is 6.57. The number of rotatable bonds is 6. The van der Waals surface area contributed by atoms with Crippen molar-refractivity contribution in [3.63, 3.8) is 0 Å². The smallest absolute Gasteiger partial charge is 0.0944 e. The Morgan fingerprint density at radius 2 is 2.00 bits per heavy atom. The van der Waals surface area contributed by atoms with Crippen molar-refractivity contribution in [2.75, 3.05) is 6.73 Å². The van der Waals surface area contributed by atoms with Gasteiger partial charge in [0.05, 0.1) is 12.8 Å². The average molecular weight is 159 g/mol. The summed E-state index contributed by atoms with van der Waals surface area (Å²) in [6.07, 6.45) is 3.99. The molecule has 0 heterocycles. The van der Waals surface area contributed by atoms with Crippen LogP contribution in [0.15, 0.2) is 0 Å². The number of ether oxygens (including phenoxy) is 1. The van der Waals surface area contributed by atoms with Crippen LogP contribution < -0.4 is 5.73 Å². The van der Waals surface area contributed by atoms with Gasteiger partial charge in [0.15, 0.2) is 0 Å². The van der Waals surface area contributed by atoms with Gasteiger partial charge in [0.25, 0.3) is 0 Å². The molecule has 0 bridgehead atoms. The summed E-state index contributed by atoms with van der Waals surface area (Å²) in [6.45, 7) is 6.87. The number of hydrogen-bond donors (Lipinski definition) is 1. The summed E-state index contributed by atoms with van der Waals surface area (Å²) in [5, 5.41) is 0. The predicted molar refractivity (Wildman–Crippen MR) is 48.3 cm³/mol. The molecule has 0 saturated carbocycles. The summed E-state index contributed by atoms with van der Waals surface area (Å²) in [5.74, 6) is 0.684. The molecule has 0 fully saturated rings. The van der Waals surface area contributed by atoms with Gasteiger partial charge in [0.1, 0.15) is 0 Å². The zero-order chi connectivity index (χ0) is 8.69. The second kappa shape index (κ2) is 6.62. The molecular formula is C9H21NO. The lowest BCUT2D eigenvalue weighted by molar-refractivity contribution is 0.0244. The average Bonchev–Trinajstić information content (AvgIpc) is 2.00. The molecule has 0 radical (unpaired) electrons. The highest BCUT2D eigenvalue weighted by Crippen LogP contribution is 2.17. The molecule has 2 unspecified atom stereocenters. The molecule has 11 heavy (non-hydrogen) atoms. The first-order valence-electron chi connectivity index (χ1n) is 4.57. The summed E-state index contributed by atoms with van der Waals surface area (Å²) < 4.78 is 5.33. The third-order valence-corrected chi connectivity index (χ3v) is 2.21. The maximum absolute atomic E-state index is 5.33. The van der Waals surface area contributed by atoms with Crippen LogP contribution in [-0.4, -0.2) is 12.8 Å². The monoisotopic (exact) mass is 159 g/mol. The van der Waals surface area contributed by atoms with Crippen molar-refractivity contribution in [3.8, 4) is 0 Å². The van der Waals surface area contributed by atoms with Gasteiger partial charge >= 0.3 is 0 Å². The van der Waals surface area contributed by atoms with Crippen LogP contribution in [0.25, 0.3) is 0 Å². The molecule has 2 nitrogen and oxygen atoms in total. The van der Waals surface area contributed by atoms with E-state index in [0.717, 1.165) is 0 Å². The van der Waals surface area contributed by atoms with Crippen molar-refractivity contribution >= 4 is 0 Å². The van der Waals surface area contributed by atoms with Gasteiger partial charge < -0.3 is 10.5 Å². The molecule has 0 aromatic rings. The van der Waals surface area contributed by atoms with Crippen LogP contribution in [0.3, 0.4) is 0 Å². The number of hydrogen-bond acceptors (Lipinski definition) is 2. The van der Waals surface area contributed by atoms with Crippen LogP contribution in [0, 0.1) is 5.92 Å². The van der Waals surface area contributed by atoms with Gasteiger partial charge in [-0.25, -0.2) is 0 Å². The quantitative estimate of drug-likeness (QED) is 0.603. The number of nitrogens with two attached hydrogens (primary N) is 1. The van der Waals surface area contributed by atoms with Crippen LogP contribution in [0.5, 0.6) is 0 Å². The maximum Gasteiger partial charge on any atom is 0.0944 e. The summed E-state index contributed by atoms with van der Waals surface area (Å²) in [6, 6.07) is 0. The van der Waals surface area contributed by atoms with Crippen LogP contribution in [0.2, 0.25) is 0 Å². The van der Waals surface area contributed by atoms with Crippen molar-refractivity contribution in [2.45, 2.75) is 46.1 Å². The molecular weight excluding hydrogens is 138 g/mol. The highest BCUT2D eigenvalue weighted by molar-refractivity contribution is 4.63. The summed E-state index contributed by atoms with van der Waals surface area (Å²) in [4.78, 5) is 0. The van der Waals surface area contributed by atoms with E-state index in [1.807, 2.05) is 0 Å². The highest BCUT2D eigenvalue weighted by Gasteiger charge is 2.13. The first-order chi connectivity index (χ1) is 5.26. The van der Waals surface area contributed by atoms with E-state index in [1.54, 1.807) is 0 Å². The Morgan fingerprint density at radius 1 is 1.36 bits per heavy atom. The second-order valence-corrected chi connectivity index (χ2v) is 3.00. The second-order valence-electron chi connectivity index (χ2n) is 3.00. The van der Waals surface area contributed by atoms with Crippen molar-refractivity contribution in [1.29, 1.82) is 0 Å². The summed E-state index contributed by atoms with van der Waals surface area (Å²) in [7, 11) is 0. The van der Waals surface area contributed by atoms with E-state index in [4.69, 9.17) is 10.5 Å². The van der Waals surface area contributed by atoms with Gasteiger partial charge in [0, 0.05) is 0 Å².